The first kappa shape index (κ1) is 14.6. The topological polar surface area (TPSA) is 77.8 Å². The van der Waals surface area contributed by atoms with Crippen LogP contribution in [0.2, 0.25) is 0 Å². The molecule has 0 aromatic carbocycles. The van der Waals surface area contributed by atoms with Gasteiger partial charge in [-0.2, -0.15) is 0 Å². The van der Waals surface area contributed by atoms with Gasteiger partial charge in [-0.25, -0.2) is 0 Å². The predicted molar refractivity (Wildman–Crippen MR) is 60.3 cm³/mol. The fourth-order valence-corrected chi connectivity index (χ4v) is 1.61. The third-order valence-corrected chi connectivity index (χ3v) is 2.25. The number of carbonyl (C=O) groups is 2. The molecule has 0 rings (SSSR count). The molecule has 5 heteroatoms. The molecule has 0 spiro atoms. The van der Waals surface area contributed by atoms with Crippen molar-refractivity contribution in [3.05, 3.63) is 12.7 Å². The molecule has 0 heterocycles. The lowest BCUT2D eigenvalue weighted by Gasteiger charge is -2.29. The molecular weight excluding hydrogens is 210 g/mol. The Bertz CT molecular complexity index is 263. The van der Waals surface area contributed by atoms with Crippen molar-refractivity contribution in [2.24, 2.45) is 5.92 Å². The van der Waals surface area contributed by atoms with Crippen LogP contribution in [0.1, 0.15) is 20.3 Å². The molecule has 1 unspecified atom stereocenters. The lowest BCUT2D eigenvalue weighted by atomic mass is 10.0. The van der Waals surface area contributed by atoms with Crippen molar-refractivity contribution in [3.8, 4) is 0 Å². The van der Waals surface area contributed by atoms with E-state index in [-0.39, 0.29) is 18.9 Å². The summed E-state index contributed by atoms with van der Waals surface area (Å²) in [7, 11) is 0. The molecule has 1 atom stereocenters. The second-order valence-corrected chi connectivity index (χ2v) is 3.95. The number of carboxylic acids is 2. The number of aliphatic carboxylic acids is 2. The molecule has 0 aromatic heterocycles. The van der Waals surface area contributed by atoms with Gasteiger partial charge in [-0.3, -0.25) is 14.5 Å². The van der Waals surface area contributed by atoms with E-state index < -0.39 is 18.0 Å². The Morgan fingerprint density at radius 3 is 2.25 bits per heavy atom. The highest BCUT2D eigenvalue weighted by Gasteiger charge is 2.27. The van der Waals surface area contributed by atoms with Gasteiger partial charge in [0.1, 0.15) is 6.04 Å². The van der Waals surface area contributed by atoms with Crippen LogP contribution < -0.4 is 0 Å². The molecule has 0 fully saturated rings. The van der Waals surface area contributed by atoms with Gasteiger partial charge in [-0.1, -0.05) is 19.9 Å². The zero-order chi connectivity index (χ0) is 12.7. The Morgan fingerprint density at radius 2 is 1.94 bits per heavy atom. The monoisotopic (exact) mass is 229 g/mol. The first-order chi connectivity index (χ1) is 7.40. The Balaban J connectivity index is 4.63. The molecular formula is C11H19NO4. The molecule has 0 aromatic rings. The van der Waals surface area contributed by atoms with E-state index in [4.69, 9.17) is 10.2 Å². The standard InChI is InChI=1S/C11H19NO4/c1-4-6-12(7-5-9(13)14)10(8(2)3)11(15)16/h4,8,10H,1,5-7H2,2-3H3,(H,13,14)(H,15,16). The summed E-state index contributed by atoms with van der Waals surface area (Å²) in [5.41, 5.74) is 0. The summed E-state index contributed by atoms with van der Waals surface area (Å²) < 4.78 is 0. The van der Waals surface area contributed by atoms with Crippen molar-refractivity contribution < 1.29 is 19.8 Å². The maximum absolute atomic E-state index is 11.1. The van der Waals surface area contributed by atoms with Crippen molar-refractivity contribution >= 4 is 11.9 Å². The maximum Gasteiger partial charge on any atom is 0.321 e. The van der Waals surface area contributed by atoms with E-state index in [1.165, 1.54) is 0 Å². The number of carboxylic acid groups (broad SMARTS) is 2. The molecule has 0 aliphatic rings. The summed E-state index contributed by atoms with van der Waals surface area (Å²) >= 11 is 0. The predicted octanol–water partition coefficient (Wildman–Crippen LogP) is 1.06. The van der Waals surface area contributed by atoms with Crippen LogP contribution in [0.4, 0.5) is 0 Å². The van der Waals surface area contributed by atoms with Crippen molar-refractivity contribution in [2.75, 3.05) is 13.1 Å². The molecule has 0 amide bonds. The Morgan fingerprint density at radius 1 is 1.38 bits per heavy atom. The van der Waals surface area contributed by atoms with Crippen LogP contribution in [0, 0.1) is 5.92 Å². The minimum Gasteiger partial charge on any atom is -0.481 e. The second kappa shape index (κ2) is 7.00. The molecule has 0 radical (unpaired) electrons. The van der Waals surface area contributed by atoms with Gasteiger partial charge in [0.2, 0.25) is 0 Å². The van der Waals surface area contributed by atoms with E-state index in [0.717, 1.165) is 0 Å². The highest BCUT2D eigenvalue weighted by Crippen LogP contribution is 2.12. The van der Waals surface area contributed by atoms with Gasteiger partial charge in [0, 0.05) is 13.1 Å². The smallest absolute Gasteiger partial charge is 0.321 e. The van der Waals surface area contributed by atoms with E-state index in [1.807, 2.05) is 0 Å². The largest absolute Gasteiger partial charge is 0.481 e. The first-order valence-corrected chi connectivity index (χ1v) is 5.19. The molecule has 2 N–H and O–H groups in total. The summed E-state index contributed by atoms with van der Waals surface area (Å²) in [5.74, 6) is -1.93. The summed E-state index contributed by atoms with van der Waals surface area (Å²) in [5, 5.41) is 17.7. The molecule has 92 valence electrons. The third kappa shape index (κ3) is 4.93. The highest BCUT2D eigenvalue weighted by molar-refractivity contribution is 5.74. The number of rotatable bonds is 8. The zero-order valence-corrected chi connectivity index (χ0v) is 9.72. The number of nitrogens with zero attached hydrogens (tertiary/aromatic N) is 1. The third-order valence-electron chi connectivity index (χ3n) is 2.25. The van der Waals surface area contributed by atoms with Crippen molar-refractivity contribution in [3.63, 3.8) is 0 Å². The van der Waals surface area contributed by atoms with E-state index in [2.05, 4.69) is 6.58 Å². The maximum atomic E-state index is 11.1. The summed E-state index contributed by atoms with van der Waals surface area (Å²) in [6.07, 6.45) is 1.52. The molecule has 0 saturated carbocycles. The first-order valence-electron chi connectivity index (χ1n) is 5.19. The van der Waals surface area contributed by atoms with Crippen molar-refractivity contribution in [1.82, 2.24) is 4.90 Å². The quantitative estimate of drug-likeness (QED) is 0.608. The molecule has 0 bridgehead atoms. The van der Waals surface area contributed by atoms with Gasteiger partial charge in [0.25, 0.3) is 0 Å². The van der Waals surface area contributed by atoms with Gasteiger partial charge in [0.15, 0.2) is 0 Å². The van der Waals surface area contributed by atoms with Gasteiger partial charge in [-0.05, 0) is 5.92 Å². The van der Waals surface area contributed by atoms with Crippen LogP contribution in [0.3, 0.4) is 0 Å². The Kier molecular flexibility index (Phi) is 6.41. The van der Waals surface area contributed by atoms with E-state index in [0.29, 0.717) is 6.54 Å². The SMILES string of the molecule is C=CCN(CCC(=O)O)C(C(=O)O)C(C)C. The molecule has 0 aliphatic carbocycles. The van der Waals surface area contributed by atoms with Crippen LogP contribution in [-0.2, 0) is 9.59 Å². The van der Waals surface area contributed by atoms with Crippen molar-refractivity contribution in [2.45, 2.75) is 26.3 Å². The van der Waals surface area contributed by atoms with Crippen LogP contribution in [-0.4, -0.2) is 46.2 Å². The average Bonchev–Trinajstić information content (AvgIpc) is 2.13. The summed E-state index contributed by atoms with van der Waals surface area (Å²) in [6, 6.07) is -0.669. The molecule has 5 nitrogen and oxygen atoms in total. The molecule has 0 saturated heterocycles. The van der Waals surface area contributed by atoms with Gasteiger partial charge < -0.3 is 10.2 Å². The van der Waals surface area contributed by atoms with Crippen molar-refractivity contribution in [1.29, 1.82) is 0 Å². The lowest BCUT2D eigenvalue weighted by molar-refractivity contribution is -0.146. The van der Waals surface area contributed by atoms with Crippen LogP contribution in [0.5, 0.6) is 0 Å². The second-order valence-electron chi connectivity index (χ2n) is 3.95. The zero-order valence-electron chi connectivity index (χ0n) is 9.72. The Labute approximate surface area is 95.4 Å². The van der Waals surface area contributed by atoms with E-state index in [1.54, 1.807) is 24.8 Å². The van der Waals surface area contributed by atoms with Crippen LogP contribution in [0.25, 0.3) is 0 Å². The van der Waals surface area contributed by atoms with Gasteiger partial charge in [0.05, 0.1) is 6.42 Å². The normalized spacial score (nSPS) is 12.8. The minimum absolute atomic E-state index is 0.0651. The van der Waals surface area contributed by atoms with Crippen LogP contribution >= 0.6 is 0 Å². The minimum atomic E-state index is -0.929. The average molecular weight is 229 g/mol. The van der Waals surface area contributed by atoms with Crippen LogP contribution in [0.15, 0.2) is 12.7 Å². The number of hydrogen-bond acceptors (Lipinski definition) is 3. The van der Waals surface area contributed by atoms with E-state index >= 15 is 0 Å². The fourth-order valence-electron chi connectivity index (χ4n) is 1.61. The summed E-state index contributed by atoms with van der Waals surface area (Å²) in [4.78, 5) is 23.2. The summed E-state index contributed by atoms with van der Waals surface area (Å²) in [6.45, 7) is 7.75. The molecule has 0 aliphatic heterocycles. The number of hydrogen-bond donors (Lipinski definition) is 2. The lowest BCUT2D eigenvalue weighted by Crippen LogP contribution is -2.45. The van der Waals surface area contributed by atoms with Gasteiger partial charge >= 0.3 is 11.9 Å². The van der Waals surface area contributed by atoms with Gasteiger partial charge in [-0.15, -0.1) is 6.58 Å². The fraction of sp³-hybridized carbons (Fsp3) is 0.636. The molecule has 16 heavy (non-hydrogen) atoms. The highest BCUT2D eigenvalue weighted by atomic mass is 16.4. The Hall–Kier alpha value is -1.36. The van der Waals surface area contributed by atoms with E-state index in [9.17, 15) is 9.59 Å².